The van der Waals surface area contributed by atoms with Gasteiger partial charge < -0.3 is 14.9 Å². The SMILES string of the molecule is CN1C(=O)[C@]2(Cl)C[C@@H]3C(=CC[C@@H]4C(=O)N(CCc5ccc(O)cc5)C(=O)[C@@H]43)[C@H](c3ccc(OCc4ccccc4)cc3O)[C@]2(Cl)C1=O. The smallest absolute Gasteiger partial charge is 0.253 e. The molecule has 0 aromatic heterocycles. The minimum Gasteiger partial charge on any atom is -0.508 e. The van der Waals surface area contributed by atoms with Crippen LogP contribution in [0.15, 0.2) is 84.4 Å². The van der Waals surface area contributed by atoms with Crippen molar-refractivity contribution < 1.29 is 34.1 Å². The largest absolute Gasteiger partial charge is 0.508 e. The van der Waals surface area contributed by atoms with Crippen molar-refractivity contribution >= 4 is 46.8 Å². The number of hydrogen-bond acceptors (Lipinski definition) is 7. The lowest BCUT2D eigenvalue weighted by molar-refractivity contribution is -0.141. The zero-order chi connectivity index (χ0) is 33.2. The fourth-order valence-corrected chi connectivity index (χ4v) is 8.89. The number of carbonyl (C=O) groups excluding carboxylic acids is 4. The maximum Gasteiger partial charge on any atom is 0.253 e. The minimum absolute atomic E-state index is 0.120. The van der Waals surface area contributed by atoms with Crippen molar-refractivity contribution in [1.29, 1.82) is 0 Å². The summed E-state index contributed by atoms with van der Waals surface area (Å²) in [5.41, 5.74) is 2.66. The molecule has 6 atom stereocenters. The fraction of sp³-hybridized carbons (Fsp3) is 0.333. The van der Waals surface area contributed by atoms with Gasteiger partial charge in [0.1, 0.15) is 23.9 Å². The van der Waals surface area contributed by atoms with Crippen molar-refractivity contribution in [2.75, 3.05) is 13.6 Å². The van der Waals surface area contributed by atoms with Crippen LogP contribution in [0.3, 0.4) is 0 Å². The van der Waals surface area contributed by atoms with E-state index in [0.29, 0.717) is 17.7 Å². The van der Waals surface area contributed by atoms with Crippen LogP contribution in [0.4, 0.5) is 0 Å². The number of carbonyl (C=O) groups is 4. The zero-order valence-electron chi connectivity index (χ0n) is 25.4. The molecule has 2 aliphatic carbocycles. The first-order valence-corrected chi connectivity index (χ1v) is 16.2. The lowest BCUT2D eigenvalue weighted by Gasteiger charge is -2.50. The Hall–Kier alpha value is -4.34. The number of amides is 4. The molecule has 2 saturated heterocycles. The minimum atomic E-state index is -2.00. The number of benzene rings is 3. The number of imide groups is 2. The fourth-order valence-electron chi connectivity index (χ4n) is 7.88. The lowest BCUT2D eigenvalue weighted by atomic mass is 9.56. The number of phenolic OH excluding ortho intramolecular Hbond substituents is 2. The van der Waals surface area contributed by atoms with E-state index < -0.39 is 45.2 Å². The standard InChI is InChI=1S/C36H32Cl2N2O7/c1-39-33(45)35(37)18-27-24(13-14-26-29(27)32(44)40(31(26)43)16-15-20-7-9-22(41)10-8-20)30(36(35,38)34(39)46)25-12-11-23(17-28(25)42)47-19-21-5-3-2-4-6-21/h2-13,17,26-27,29-30,41-42H,14-16,18-19H2,1H3/t26-,27+,29-,30+,35+,36-/m0/s1. The molecule has 47 heavy (non-hydrogen) atoms. The van der Waals surface area contributed by atoms with Crippen molar-refractivity contribution in [2.24, 2.45) is 17.8 Å². The van der Waals surface area contributed by atoms with E-state index in [1.165, 1.54) is 18.0 Å². The summed E-state index contributed by atoms with van der Waals surface area (Å²) in [5.74, 6) is -4.98. The van der Waals surface area contributed by atoms with Crippen molar-refractivity contribution in [1.82, 2.24) is 9.80 Å². The number of phenols is 2. The molecule has 0 unspecified atom stereocenters. The van der Waals surface area contributed by atoms with Crippen molar-refractivity contribution in [3.63, 3.8) is 0 Å². The highest BCUT2D eigenvalue weighted by atomic mass is 35.5. The third kappa shape index (κ3) is 4.73. The molecule has 2 aliphatic heterocycles. The van der Waals surface area contributed by atoms with Crippen LogP contribution in [0.5, 0.6) is 17.2 Å². The molecule has 0 spiro atoms. The van der Waals surface area contributed by atoms with Crippen molar-refractivity contribution in [3.05, 3.63) is 101 Å². The average Bonchev–Trinajstić information content (AvgIpc) is 3.38. The second kappa shape index (κ2) is 11.4. The van der Waals surface area contributed by atoms with Gasteiger partial charge in [-0.25, -0.2) is 0 Å². The van der Waals surface area contributed by atoms with E-state index in [9.17, 15) is 29.4 Å². The van der Waals surface area contributed by atoms with Gasteiger partial charge in [-0.05, 0) is 54.5 Å². The Kier molecular flexibility index (Phi) is 7.60. The molecule has 3 aromatic rings. The van der Waals surface area contributed by atoms with E-state index in [1.54, 1.807) is 36.4 Å². The molecule has 9 nitrogen and oxygen atoms in total. The Labute approximate surface area is 281 Å². The van der Waals surface area contributed by atoms with Gasteiger partial charge in [0.25, 0.3) is 11.8 Å². The molecule has 3 fully saturated rings. The van der Waals surface area contributed by atoms with Gasteiger partial charge in [0.05, 0.1) is 11.8 Å². The predicted octanol–water partition coefficient (Wildman–Crippen LogP) is 4.91. The number of fused-ring (bicyclic) bond motifs is 4. The number of alkyl halides is 2. The third-order valence-electron chi connectivity index (χ3n) is 10.2. The van der Waals surface area contributed by atoms with E-state index in [2.05, 4.69) is 0 Å². The summed E-state index contributed by atoms with van der Waals surface area (Å²) in [6, 6.07) is 20.8. The van der Waals surface area contributed by atoms with Gasteiger partial charge in [-0.1, -0.05) is 60.2 Å². The quantitative estimate of drug-likeness (QED) is 0.207. The van der Waals surface area contributed by atoms with E-state index in [-0.39, 0.29) is 54.9 Å². The number of nitrogens with zero attached hydrogens (tertiary/aromatic N) is 2. The van der Waals surface area contributed by atoms with Crippen LogP contribution in [0, 0.1) is 17.8 Å². The molecule has 4 aliphatic rings. The maximum atomic E-state index is 14.0. The Bertz CT molecular complexity index is 1830. The second-order valence-electron chi connectivity index (χ2n) is 12.7. The molecule has 3 aromatic carbocycles. The van der Waals surface area contributed by atoms with Gasteiger partial charge in [-0.3, -0.25) is 29.0 Å². The molecule has 2 N–H and O–H groups in total. The first kappa shape index (κ1) is 31.3. The van der Waals surface area contributed by atoms with Crippen molar-refractivity contribution in [2.45, 2.75) is 41.5 Å². The molecular formula is C36H32Cl2N2O7. The van der Waals surface area contributed by atoms with Crippen LogP contribution in [0.2, 0.25) is 0 Å². The van der Waals surface area contributed by atoms with Crippen LogP contribution in [-0.4, -0.2) is 67.0 Å². The van der Waals surface area contributed by atoms with Crippen LogP contribution in [0.1, 0.15) is 35.4 Å². The summed E-state index contributed by atoms with van der Waals surface area (Å²) in [4.78, 5) is 53.4. The number of aromatic hydroxyl groups is 2. The predicted molar refractivity (Wildman–Crippen MR) is 173 cm³/mol. The van der Waals surface area contributed by atoms with E-state index in [1.807, 2.05) is 36.4 Å². The van der Waals surface area contributed by atoms with E-state index >= 15 is 0 Å². The van der Waals surface area contributed by atoms with Gasteiger partial charge in [0.15, 0.2) is 9.75 Å². The number of halogens is 2. The lowest BCUT2D eigenvalue weighted by Crippen LogP contribution is -2.60. The highest BCUT2D eigenvalue weighted by Gasteiger charge is 2.76. The summed E-state index contributed by atoms with van der Waals surface area (Å²) in [7, 11) is 1.32. The van der Waals surface area contributed by atoms with Crippen molar-refractivity contribution in [3.8, 4) is 17.2 Å². The summed E-state index contributed by atoms with van der Waals surface area (Å²) in [6.07, 6.45) is 2.34. The van der Waals surface area contributed by atoms with Crippen LogP contribution >= 0.6 is 23.2 Å². The Morgan fingerprint density at radius 3 is 2.30 bits per heavy atom. The summed E-state index contributed by atoms with van der Waals surface area (Å²) < 4.78 is 5.90. The molecular weight excluding hydrogens is 643 g/mol. The Morgan fingerprint density at radius 2 is 1.60 bits per heavy atom. The second-order valence-corrected chi connectivity index (χ2v) is 14.0. The summed E-state index contributed by atoms with van der Waals surface area (Å²) >= 11 is 14.5. The number of likely N-dealkylation sites (tertiary alicyclic amines) is 2. The third-order valence-corrected chi connectivity index (χ3v) is 11.6. The highest BCUT2D eigenvalue weighted by molar-refractivity contribution is 6.53. The number of allylic oxidation sites excluding steroid dienone is 2. The van der Waals surface area contributed by atoms with E-state index in [0.717, 1.165) is 16.0 Å². The number of ether oxygens (including phenoxy) is 1. The van der Waals surface area contributed by atoms with Crippen LogP contribution in [-0.2, 0) is 32.2 Å². The maximum absolute atomic E-state index is 14.0. The topological polar surface area (TPSA) is 124 Å². The Balaban J connectivity index is 1.24. The normalized spacial score (nSPS) is 29.8. The van der Waals surface area contributed by atoms with Gasteiger partial charge in [0, 0.05) is 31.1 Å². The van der Waals surface area contributed by atoms with Gasteiger partial charge >= 0.3 is 0 Å². The summed E-state index contributed by atoms with van der Waals surface area (Å²) in [6.45, 7) is 0.415. The molecule has 4 amide bonds. The summed E-state index contributed by atoms with van der Waals surface area (Å²) in [5, 5.41) is 21.0. The van der Waals surface area contributed by atoms with Crippen LogP contribution in [0.25, 0.3) is 0 Å². The molecule has 7 rings (SSSR count). The molecule has 0 radical (unpaired) electrons. The number of hydrogen-bond donors (Lipinski definition) is 2. The highest BCUT2D eigenvalue weighted by Crippen LogP contribution is 2.66. The van der Waals surface area contributed by atoms with E-state index in [4.69, 9.17) is 27.9 Å². The van der Waals surface area contributed by atoms with Gasteiger partial charge in [-0.2, -0.15) is 0 Å². The zero-order valence-corrected chi connectivity index (χ0v) is 26.9. The average molecular weight is 676 g/mol. The van der Waals surface area contributed by atoms with Crippen LogP contribution < -0.4 is 4.74 Å². The number of rotatable bonds is 7. The monoisotopic (exact) mass is 674 g/mol. The first-order chi connectivity index (χ1) is 22.5. The molecule has 2 heterocycles. The molecule has 11 heteroatoms. The first-order valence-electron chi connectivity index (χ1n) is 15.5. The van der Waals surface area contributed by atoms with Gasteiger partial charge in [-0.15, -0.1) is 23.2 Å². The molecule has 242 valence electrons. The van der Waals surface area contributed by atoms with Gasteiger partial charge in [0.2, 0.25) is 11.8 Å². The molecule has 1 saturated carbocycles. The molecule has 0 bridgehead atoms. The Morgan fingerprint density at radius 1 is 0.872 bits per heavy atom.